The van der Waals surface area contributed by atoms with Gasteiger partial charge < -0.3 is 19.5 Å². The van der Waals surface area contributed by atoms with E-state index in [1.54, 1.807) is 54.6 Å². The number of rotatable bonds is 8. The zero-order valence-electron chi connectivity index (χ0n) is 21.2. The van der Waals surface area contributed by atoms with Crippen molar-refractivity contribution in [1.29, 1.82) is 0 Å². The van der Waals surface area contributed by atoms with Gasteiger partial charge in [-0.1, -0.05) is 23.7 Å². The van der Waals surface area contributed by atoms with E-state index in [4.69, 9.17) is 21.1 Å². The fraction of sp³-hybridized carbons (Fsp3) is 0.241. The molecule has 37 heavy (non-hydrogen) atoms. The molecule has 1 aliphatic rings. The fourth-order valence-corrected chi connectivity index (χ4v) is 4.56. The summed E-state index contributed by atoms with van der Waals surface area (Å²) in [5.41, 5.74) is 2.22. The molecular weight excluding hydrogens is 492 g/mol. The number of amides is 1. The number of aliphatic hydroxyl groups is 1. The summed E-state index contributed by atoms with van der Waals surface area (Å²) in [6.45, 7) is 4.58. The van der Waals surface area contributed by atoms with Crippen LogP contribution in [0.3, 0.4) is 0 Å². The lowest BCUT2D eigenvalue weighted by molar-refractivity contribution is -0.132. The Balaban J connectivity index is 1.93. The monoisotopic (exact) mass is 520 g/mol. The number of benzene rings is 3. The van der Waals surface area contributed by atoms with E-state index in [0.29, 0.717) is 36.0 Å². The molecule has 1 amide bonds. The lowest BCUT2D eigenvalue weighted by Crippen LogP contribution is -2.29. The van der Waals surface area contributed by atoms with Gasteiger partial charge in [-0.05, 0) is 74.0 Å². The summed E-state index contributed by atoms with van der Waals surface area (Å²) in [4.78, 5) is 30.3. The minimum Gasteiger partial charge on any atom is -0.507 e. The molecule has 3 aromatic rings. The van der Waals surface area contributed by atoms with Crippen LogP contribution in [-0.4, -0.2) is 44.1 Å². The van der Waals surface area contributed by atoms with Gasteiger partial charge >= 0.3 is 0 Å². The molecule has 192 valence electrons. The van der Waals surface area contributed by atoms with Crippen molar-refractivity contribution in [2.75, 3.05) is 37.1 Å². The maximum absolute atomic E-state index is 13.5. The van der Waals surface area contributed by atoms with Gasteiger partial charge in [-0.15, -0.1) is 0 Å². The topological polar surface area (TPSA) is 79.3 Å². The number of carbonyl (C=O) groups excluding carboxylic acids is 2. The highest BCUT2D eigenvalue weighted by Crippen LogP contribution is 2.44. The Morgan fingerprint density at radius 1 is 0.946 bits per heavy atom. The average molecular weight is 521 g/mol. The van der Waals surface area contributed by atoms with Gasteiger partial charge in [0.05, 0.1) is 29.9 Å². The largest absolute Gasteiger partial charge is 0.507 e. The van der Waals surface area contributed by atoms with Crippen LogP contribution in [0.25, 0.3) is 5.76 Å². The first-order valence-corrected chi connectivity index (χ1v) is 12.4. The number of aliphatic hydroxyl groups excluding tert-OH is 1. The van der Waals surface area contributed by atoms with Crippen molar-refractivity contribution in [3.63, 3.8) is 0 Å². The van der Waals surface area contributed by atoms with Crippen LogP contribution in [0.2, 0.25) is 5.02 Å². The molecule has 0 aromatic heterocycles. The summed E-state index contributed by atoms with van der Waals surface area (Å²) >= 11 is 6.43. The van der Waals surface area contributed by atoms with Crippen molar-refractivity contribution in [3.8, 4) is 11.5 Å². The number of hydrogen-bond donors (Lipinski definition) is 1. The molecule has 0 radical (unpaired) electrons. The van der Waals surface area contributed by atoms with Crippen LogP contribution in [0.5, 0.6) is 11.5 Å². The van der Waals surface area contributed by atoms with Crippen molar-refractivity contribution in [1.82, 2.24) is 0 Å². The van der Waals surface area contributed by atoms with E-state index in [2.05, 4.69) is 0 Å². The average Bonchev–Trinajstić information content (AvgIpc) is 3.15. The number of ketones is 1. The van der Waals surface area contributed by atoms with Crippen LogP contribution < -0.4 is 19.3 Å². The van der Waals surface area contributed by atoms with Gasteiger partial charge in [0.1, 0.15) is 17.3 Å². The van der Waals surface area contributed by atoms with Gasteiger partial charge in [-0.3, -0.25) is 14.5 Å². The van der Waals surface area contributed by atoms with Crippen LogP contribution in [0.15, 0.2) is 72.3 Å². The highest BCUT2D eigenvalue weighted by molar-refractivity contribution is 6.52. The van der Waals surface area contributed by atoms with E-state index in [-0.39, 0.29) is 21.9 Å². The quantitative estimate of drug-likeness (QED) is 0.229. The first-order valence-electron chi connectivity index (χ1n) is 12.0. The summed E-state index contributed by atoms with van der Waals surface area (Å²) in [6, 6.07) is 18.4. The van der Waals surface area contributed by atoms with Crippen LogP contribution in [0, 0.1) is 0 Å². The minimum atomic E-state index is -0.905. The molecule has 0 aliphatic carbocycles. The molecular formula is C29H29ClN2O5. The summed E-state index contributed by atoms with van der Waals surface area (Å²) in [7, 11) is 3.83. The molecule has 3 aromatic carbocycles. The molecule has 0 spiro atoms. The predicted octanol–water partition coefficient (Wildman–Crippen LogP) is 5.83. The van der Waals surface area contributed by atoms with Gasteiger partial charge in [-0.2, -0.15) is 0 Å². The second-order valence-electron chi connectivity index (χ2n) is 8.66. The Kier molecular flexibility index (Phi) is 7.74. The second-order valence-corrected chi connectivity index (χ2v) is 9.07. The normalized spacial score (nSPS) is 16.7. The van der Waals surface area contributed by atoms with Crippen molar-refractivity contribution >= 4 is 40.4 Å². The first-order chi connectivity index (χ1) is 17.8. The van der Waals surface area contributed by atoms with E-state index in [9.17, 15) is 14.7 Å². The smallest absolute Gasteiger partial charge is 0.300 e. The fourth-order valence-electron chi connectivity index (χ4n) is 4.35. The molecule has 0 saturated carbocycles. The van der Waals surface area contributed by atoms with Gasteiger partial charge in [0.25, 0.3) is 11.7 Å². The third-order valence-electron chi connectivity index (χ3n) is 6.08. The highest BCUT2D eigenvalue weighted by Gasteiger charge is 2.47. The van der Waals surface area contributed by atoms with Gasteiger partial charge in [-0.25, -0.2) is 0 Å². The standard InChI is InChI=1S/C29H29ClN2O5/c1-5-36-21-9-7-8-18(16-21)26-25(27(33)23-17-22(37-6-2)14-15-24(23)30)28(34)29(35)32(26)20-12-10-19(11-13-20)31(3)4/h7-17,26,33H,5-6H2,1-4H3/b27-25+. The van der Waals surface area contributed by atoms with Gasteiger partial charge in [0, 0.05) is 31.0 Å². The van der Waals surface area contributed by atoms with Crippen molar-refractivity contribution < 1.29 is 24.2 Å². The lowest BCUT2D eigenvalue weighted by Gasteiger charge is -2.26. The minimum absolute atomic E-state index is 0.0640. The van der Waals surface area contributed by atoms with Crippen LogP contribution in [0.4, 0.5) is 11.4 Å². The van der Waals surface area contributed by atoms with Crippen molar-refractivity contribution in [3.05, 3.63) is 88.5 Å². The molecule has 1 fully saturated rings. The summed E-state index contributed by atoms with van der Waals surface area (Å²) in [5.74, 6) is -0.854. The van der Waals surface area contributed by atoms with Crippen molar-refractivity contribution in [2.24, 2.45) is 0 Å². The molecule has 1 heterocycles. The summed E-state index contributed by atoms with van der Waals surface area (Å²) < 4.78 is 11.2. The Morgan fingerprint density at radius 2 is 1.59 bits per heavy atom. The molecule has 4 rings (SSSR count). The number of anilines is 2. The first kappa shape index (κ1) is 26.1. The van der Waals surface area contributed by atoms with E-state index in [1.807, 2.05) is 45.0 Å². The van der Waals surface area contributed by atoms with Crippen LogP contribution >= 0.6 is 11.6 Å². The SMILES string of the molecule is CCOc1cccc(C2/C(=C(\O)c3cc(OCC)ccc3Cl)C(=O)C(=O)N2c2ccc(N(C)C)cc2)c1. The molecule has 0 bridgehead atoms. The predicted molar refractivity (Wildman–Crippen MR) is 146 cm³/mol. The van der Waals surface area contributed by atoms with Gasteiger partial charge in [0.15, 0.2) is 0 Å². The molecule has 1 aliphatic heterocycles. The number of carbonyl (C=O) groups is 2. The third kappa shape index (κ3) is 5.13. The van der Waals surface area contributed by atoms with E-state index in [0.717, 1.165) is 5.69 Å². The Labute approximate surface area is 221 Å². The zero-order chi connectivity index (χ0) is 26.7. The molecule has 7 nitrogen and oxygen atoms in total. The Hall–Kier alpha value is -3.97. The third-order valence-corrected chi connectivity index (χ3v) is 6.41. The summed E-state index contributed by atoms with van der Waals surface area (Å²) in [5, 5.41) is 11.7. The second kappa shape index (κ2) is 11.0. The van der Waals surface area contributed by atoms with Crippen LogP contribution in [0.1, 0.15) is 31.0 Å². The van der Waals surface area contributed by atoms with Crippen LogP contribution in [-0.2, 0) is 9.59 Å². The Bertz CT molecular complexity index is 1350. The van der Waals surface area contributed by atoms with Crippen molar-refractivity contribution in [2.45, 2.75) is 19.9 Å². The maximum Gasteiger partial charge on any atom is 0.300 e. The molecule has 1 N–H and O–H groups in total. The van der Waals surface area contributed by atoms with E-state index < -0.39 is 17.7 Å². The Morgan fingerprint density at radius 3 is 2.22 bits per heavy atom. The molecule has 1 saturated heterocycles. The van der Waals surface area contributed by atoms with E-state index in [1.165, 1.54) is 4.90 Å². The molecule has 1 unspecified atom stereocenters. The summed E-state index contributed by atoms with van der Waals surface area (Å²) in [6.07, 6.45) is 0. The zero-order valence-corrected chi connectivity index (χ0v) is 22.0. The number of nitrogens with zero attached hydrogens (tertiary/aromatic N) is 2. The van der Waals surface area contributed by atoms with E-state index >= 15 is 0 Å². The highest BCUT2D eigenvalue weighted by atomic mass is 35.5. The maximum atomic E-state index is 13.5. The molecule has 8 heteroatoms. The number of ether oxygens (including phenoxy) is 2. The number of hydrogen-bond acceptors (Lipinski definition) is 6. The lowest BCUT2D eigenvalue weighted by atomic mass is 9.94. The molecule has 1 atom stereocenters. The number of Topliss-reactive ketones (excluding diaryl/α,β-unsaturated/α-hetero) is 1. The number of halogens is 1. The van der Waals surface area contributed by atoms with Gasteiger partial charge in [0.2, 0.25) is 0 Å².